The Hall–Kier alpha value is -3.40. The molecule has 2 aliphatic heterocycles. The molecule has 2 aromatic carbocycles. The normalized spacial score (nSPS) is 20.6. The maximum atomic E-state index is 13.5. The van der Waals surface area contributed by atoms with E-state index in [0.717, 1.165) is 17.6 Å². The summed E-state index contributed by atoms with van der Waals surface area (Å²) < 4.78 is 30.3. The largest absolute Gasteiger partial charge is 0.487 e. The Labute approximate surface area is 237 Å². The summed E-state index contributed by atoms with van der Waals surface area (Å²) in [6.07, 6.45) is 3.42. The second kappa shape index (κ2) is 11.2. The zero-order valence-corrected chi connectivity index (χ0v) is 24.7. The molecule has 2 aromatic rings. The molecule has 4 rings (SSSR count). The van der Waals surface area contributed by atoms with Crippen LogP contribution in [0.4, 0.5) is 0 Å². The molecule has 2 atom stereocenters. The number of rotatable bonds is 9. The maximum absolute atomic E-state index is 13.5. The van der Waals surface area contributed by atoms with Crippen LogP contribution < -0.4 is 15.4 Å². The molecule has 0 radical (unpaired) electrons. The van der Waals surface area contributed by atoms with Crippen molar-refractivity contribution in [1.82, 2.24) is 15.5 Å². The highest BCUT2D eigenvalue weighted by Gasteiger charge is 2.42. The number of fused-ring (bicyclic) bond motifs is 1. The molecule has 9 nitrogen and oxygen atoms in total. The summed E-state index contributed by atoms with van der Waals surface area (Å²) in [5.41, 5.74) is 0.945. The fraction of sp³-hybridized carbons (Fsp3) is 0.500. The summed E-state index contributed by atoms with van der Waals surface area (Å²) in [6.45, 7) is 7.93. The van der Waals surface area contributed by atoms with E-state index < -0.39 is 27.0 Å². The molecule has 216 valence electrons. The number of hydrogen-bond acceptors (Lipinski definition) is 6. The van der Waals surface area contributed by atoms with E-state index in [2.05, 4.69) is 10.6 Å². The van der Waals surface area contributed by atoms with Crippen molar-refractivity contribution in [1.29, 1.82) is 5.41 Å². The number of sulfone groups is 1. The van der Waals surface area contributed by atoms with Crippen molar-refractivity contribution in [3.8, 4) is 5.75 Å². The van der Waals surface area contributed by atoms with E-state index in [1.165, 1.54) is 4.90 Å². The molecular weight excluding hydrogens is 528 g/mol. The molecule has 3 N–H and O–H groups in total. The lowest BCUT2D eigenvalue weighted by Crippen LogP contribution is -2.62. The van der Waals surface area contributed by atoms with Crippen LogP contribution in [0.5, 0.6) is 5.75 Å². The van der Waals surface area contributed by atoms with E-state index in [0.29, 0.717) is 30.4 Å². The van der Waals surface area contributed by atoms with Gasteiger partial charge in [-0.3, -0.25) is 19.9 Å². The number of carbonyl (C=O) groups excluding carboxylic acids is 2. The Bertz CT molecular complexity index is 1380. The van der Waals surface area contributed by atoms with E-state index in [1.54, 1.807) is 24.3 Å². The average molecular weight is 569 g/mol. The van der Waals surface area contributed by atoms with Gasteiger partial charge >= 0.3 is 0 Å². The summed E-state index contributed by atoms with van der Waals surface area (Å²) in [5.74, 6) is 0.0151. The van der Waals surface area contributed by atoms with Gasteiger partial charge in [0.15, 0.2) is 5.96 Å². The molecule has 1 unspecified atom stereocenters. The summed E-state index contributed by atoms with van der Waals surface area (Å²) in [7, 11) is -3.34. The number of nitrogens with one attached hydrogen (secondary N) is 3. The van der Waals surface area contributed by atoms with Crippen molar-refractivity contribution >= 4 is 27.6 Å². The Kier molecular flexibility index (Phi) is 8.31. The molecule has 0 aromatic heterocycles. The first-order chi connectivity index (χ1) is 18.8. The van der Waals surface area contributed by atoms with Gasteiger partial charge in [0, 0.05) is 29.3 Å². The van der Waals surface area contributed by atoms with E-state index in [9.17, 15) is 18.0 Å². The molecule has 2 amide bonds. The first-order valence-corrected chi connectivity index (χ1v) is 15.9. The molecule has 0 spiro atoms. The third kappa shape index (κ3) is 6.49. The van der Waals surface area contributed by atoms with Crippen LogP contribution in [0.3, 0.4) is 0 Å². The van der Waals surface area contributed by atoms with Crippen molar-refractivity contribution in [2.45, 2.75) is 83.0 Å². The van der Waals surface area contributed by atoms with Crippen LogP contribution in [-0.2, 0) is 14.6 Å². The molecule has 40 heavy (non-hydrogen) atoms. The van der Waals surface area contributed by atoms with Gasteiger partial charge in [-0.1, -0.05) is 44.2 Å². The van der Waals surface area contributed by atoms with Gasteiger partial charge in [0.05, 0.1) is 24.3 Å². The molecule has 0 bridgehead atoms. The maximum Gasteiger partial charge on any atom is 0.251 e. The third-order valence-corrected chi connectivity index (χ3v) is 9.00. The molecule has 0 saturated carbocycles. The average Bonchev–Trinajstić information content (AvgIpc) is 2.88. The van der Waals surface area contributed by atoms with Crippen molar-refractivity contribution in [3.63, 3.8) is 0 Å². The predicted molar refractivity (Wildman–Crippen MR) is 155 cm³/mol. The lowest BCUT2D eigenvalue weighted by Gasteiger charge is -2.45. The highest BCUT2D eigenvalue weighted by Crippen LogP contribution is 2.39. The van der Waals surface area contributed by atoms with Crippen LogP contribution in [-0.4, -0.2) is 54.2 Å². The Morgan fingerprint density at radius 3 is 2.52 bits per heavy atom. The number of nitrogens with zero attached hydrogens (tertiary/aromatic N) is 1. The Balaban J connectivity index is 1.63. The van der Waals surface area contributed by atoms with Crippen LogP contribution in [0.25, 0.3) is 0 Å². The first kappa shape index (κ1) is 29.6. The van der Waals surface area contributed by atoms with Gasteiger partial charge in [0.2, 0.25) is 5.91 Å². The lowest BCUT2D eigenvalue weighted by atomic mass is 9.86. The SMILES string of the molecule is CCC1(CC)CC(=O)N(C(CCS(C)(=O)=O)c2cccc(C(=O)N[C@H]3CC(C)(C)Oc4ccccc43)c2)C(=N)N1. The summed E-state index contributed by atoms with van der Waals surface area (Å²) in [6, 6.07) is 13.6. The van der Waals surface area contributed by atoms with Gasteiger partial charge in [-0.2, -0.15) is 0 Å². The molecule has 1 fully saturated rings. The van der Waals surface area contributed by atoms with Crippen molar-refractivity contribution < 1.29 is 22.7 Å². The zero-order valence-electron chi connectivity index (χ0n) is 23.9. The minimum atomic E-state index is -3.34. The molecular formula is C30H40N4O5S. The quantitative estimate of drug-likeness (QED) is 0.408. The van der Waals surface area contributed by atoms with E-state index in [-0.39, 0.29) is 42.4 Å². The molecule has 1 saturated heterocycles. The number of amides is 2. The van der Waals surface area contributed by atoms with Crippen LogP contribution in [0.15, 0.2) is 48.5 Å². The van der Waals surface area contributed by atoms with Crippen LogP contribution in [0.1, 0.15) is 93.4 Å². The topological polar surface area (TPSA) is 129 Å². The second-order valence-corrected chi connectivity index (χ2v) is 13.9. The number of guanidine groups is 1. The number of hydrogen-bond donors (Lipinski definition) is 3. The fourth-order valence-corrected chi connectivity index (χ4v) is 6.34. The monoisotopic (exact) mass is 568 g/mol. The Morgan fingerprint density at radius 2 is 1.88 bits per heavy atom. The third-order valence-electron chi connectivity index (χ3n) is 8.03. The molecule has 2 aliphatic rings. The zero-order chi connectivity index (χ0) is 29.3. The smallest absolute Gasteiger partial charge is 0.251 e. The predicted octanol–water partition coefficient (Wildman–Crippen LogP) is 4.51. The number of carbonyl (C=O) groups is 2. The highest BCUT2D eigenvalue weighted by molar-refractivity contribution is 7.90. The van der Waals surface area contributed by atoms with Crippen LogP contribution in [0, 0.1) is 5.41 Å². The van der Waals surface area contributed by atoms with E-state index in [1.807, 2.05) is 52.0 Å². The van der Waals surface area contributed by atoms with E-state index >= 15 is 0 Å². The fourth-order valence-electron chi connectivity index (χ4n) is 5.69. The lowest BCUT2D eigenvalue weighted by molar-refractivity contribution is -0.132. The van der Waals surface area contributed by atoms with Crippen LogP contribution >= 0.6 is 0 Å². The standard InChI is InChI=1S/C30H40N4O5S/c1-6-30(7-2)19-26(35)34(28(31)33-30)24(15-16-40(5,37)38)20-11-10-12-21(17-20)27(36)32-23-18-29(3,4)39-25-14-9-8-13-22(23)25/h8-14,17,23-24H,6-7,15-16,18-19H2,1-5H3,(H2,31,33)(H,32,36)/t23-,24?/m0/s1. The highest BCUT2D eigenvalue weighted by atomic mass is 32.2. The van der Waals surface area contributed by atoms with Gasteiger partial charge in [-0.05, 0) is 56.9 Å². The number of ether oxygens (including phenoxy) is 1. The minimum Gasteiger partial charge on any atom is -0.487 e. The van der Waals surface area contributed by atoms with Crippen molar-refractivity contribution in [2.75, 3.05) is 12.0 Å². The number of benzene rings is 2. The van der Waals surface area contributed by atoms with Gasteiger partial charge < -0.3 is 15.4 Å². The molecule has 2 heterocycles. The second-order valence-electron chi connectivity index (χ2n) is 11.6. The summed E-state index contributed by atoms with van der Waals surface area (Å²) >= 11 is 0. The first-order valence-electron chi connectivity index (χ1n) is 13.8. The molecule has 10 heteroatoms. The van der Waals surface area contributed by atoms with Crippen LogP contribution in [0.2, 0.25) is 0 Å². The number of para-hydroxylation sites is 1. The van der Waals surface area contributed by atoms with Gasteiger partial charge in [-0.25, -0.2) is 8.42 Å². The van der Waals surface area contributed by atoms with Gasteiger partial charge in [0.25, 0.3) is 5.91 Å². The van der Waals surface area contributed by atoms with Crippen molar-refractivity contribution in [2.24, 2.45) is 0 Å². The molecule has 0 aliphatic carbocycles. The Morgan fingerprint density at radius 1 is 1.18 bits per heavy atom. The van der Waals surface area contributed by atoms with Gasteiger partial charge in [0.1, 0.15) is 21.2 Å². The summed E-state index contributed by atoms with van der Waals surface area (Å²) in [4.78, 5) is 28.3. The minimum absolute atomic E-state index is 0.0469. The van der Waals surface area contributed by atoms with Crippen molar-refractivity contribution in [3.05, 3.63) is 65.2 Å². The van der Waals surface area contributed by atoms with E-state index in [4.69, 9.17) is 10.1 Å². The van der Waals surface area contributed by atoms with Gasteiger partial charge in [-0.15, -0.1) is 0 Å². The summed E-state index contributed by atoms with van der Waals surface area (Å²) in [5, 5.41) is 15.1.